The number of methoxy groups -OCH3 is 2. The molecule has 2 unspecified atom stereocenters. The molecule has 2 atom stereocenters. The number of carbonyl (C=O) groups excluding carboxylic acids is 1. The second-order valence-corrected chi connectivity index (χ2v) is 4.04. The molecule has 0 radical (unpaired) electrons. The summed E-state index contributed by atoms with van der Waals surface area (Å²) in [6.07, 6.45) is -2.69. The highest BCUT2D eigenvalue weighted by molar-refractivity contribution is 5.69. The van der Waals surface area contributed by atoms with Gasteiger partial charge in [-0.2, -0.15) is 0 Å². The van der Waals surface area contributed by atoms with E-state index in [0.717, 1.165) is 5.56 Å². The van der Waals surface area contributed by atoms with Crippen molar-refractivity contribution in [3.05, 3.63) is 29.3 Å². The first-order chi connectivity index (χ1) is 8.49. The van der Waals surface area contributed by atoms with Gasteiger partial charge in [-0.3, -0.25) is 4.79 Å². The molecule has 0 spiro atoms. The number of aliphatic hydroxyl groups excluding tert-OH is 2. The van der Waals surface area contributed by atoms with Crippen molar-refractivity contribution < 1.29 is 24.5 Å². The van der Waals surface area contributed by atoms with E-state index in [2.05, 4.69) is 4.74 Å². The third-order valence-corrected chi connectivity index (χ3v) is 2.68. The maximum absolute atomic E-state index is 11.0. The maximum Gasteiger partial charge on any atom is 0.308 e. The molecule has 0 aliphatic heterocycles. The van der Waals surface area contributed by atoms with Crippen LogP contribution in [0.3, 0.4) is 0 Å². The molecule has 0 heterocycles. The molecule has 0 aliphatic rings. The van der Waals surface area contributed by atoms with E-state index in [9.17, 15) is 15.0 Å². The number of esters is 1. The summed E-state index contributed by atoms with van der Waals surface area (Å²) >= 11 is 0. The highest BCUT2D eigenvalue weighted by Gasteiger charge is 2.24. The van der Waals surface area contributed by atoms with Crippen LogP contribution < -0.4 is 4.74 Å². The zero-order valence-electron chi connectivity index (χ0n) is 10.7. The Bertz CT molecular complexity index is 416. The van der Waals surface area contributed by atoms with Crippen molar-refractivity contribution in [1.29, 1.82) is 0 Å². The van der Waals surface area contributed by atoms with E-state index in [0.29, 0.717) is 11.3 Å². The number of aliphatic hydroxyl groups is 2. The van der Waals surface area contributed by atoms with Gasteiger partial charge in [0.1, 0.15) is 11.9 Å². The number of carbonyl (C=O) groups is 1. The fourth-order valence-electron chi connectivity index (χ4n) is 1.64. The largest absolute Gasteiger partial charge is 0.496 e. The Balaban J connectivity index is 2.89. The third-order valence-electron chi connectivity index (χ3n) is 2.68. The van der Waals surface area contributed by atoms with Gasteiger partial charge >= 0.3 is 5.97 Å². The molecule has 0 aromatic heterocycles. The SMILES string of the molecule is COC(=O)CC(O)C(O)c1ccc(C)cc1OC. The number of aryl methyl sites for hydroxylation is 1. The van der Waals surface area contributed by atoms with Crippen molar-refractivity contribution in [1.82, 2.24) is 0 Å². The van der Waals surface area contributed by atoms with Gasteiger partial charge in [-0.05, 0) is 18.6 Å². The average molecular weight is 254 g/mol. The summed E-state index contributed by atoms with van der Waals surface area (Å²) < 4.78 is 9.58. The van der Waals surface area contributed by atoms with Crippen LogP contribution in [0.4, 0.5) is 0 Å². The van der Waals surface area contributed by atoms with Crippen molar-refractivity contribution in [2.75, 3.05) is 14.2 Å². The van der Waals surface area contributed by atoms with Crippen molar-refractivity contribution in [2.24, 2.45) is 0 Å². The number of hydrogen-bond donors (Lipinski definition) is 2. The van der Waals surface area contributed by atoms with Crippen LogP contribution in [0.25, 0.3) is 0 Å². The first-order valence-corrected chi connectivity index (χ1v) is 5.57. The molecule has 0 bridgehead atoms. The lowest BCUT2D eigenvalue weighted by atomic mass is 10.00. The second-order valence-electron chi connectivity index (χ2n) is 4.04. The number of benzene rings is 1. The third kappa shape index (κ3) is 3.45. The van der Waals surface area contributed by atoms with Gasteiger partial charge in [0, 0.05) is 5.56 Å². The molecule has 100 valence electrons. The molecule has 5 nitrogen and oxygen atoms in total. The molecule has 2 N–H and O–H groups in total. The predicted molar refractivity (Wildman–Crippen MR) is 65.3 cm³/mol. The monoisotopic (exact) mass is 254 g/mol. The molecule has 18 heavy (non-hydrogen) atoms. The number of rotatable bonds is 5. The minimum Gasteiger partial charge on any atom is -0.496 e. The first-order valence-electron chi connectivity index (χ1n) is 5.57. The Morgan fingerprint density at radius 1 is 1.33 bits per heavy atom. The normalized spacial score (nSPS) is 13.8. The van der Waals surface area contributed by atoms with Gasteiger partial charge in [0.2, 0.25) is 0 Å². The van der Waals surface area contributed by atoms with Crippen LogP contribution >= 0.6 is 0 Å². The Morgan fingerprint density at radius 3 is 2.56 bits per heavy atom. The Morgan fingerprint density at radius 2 is 2.00 bits per heavy atom. The molecule has 1 aromatic carbocycles. The van der Waals surface area contributed by atoms with Gasteiger partial charge in [-0.25, -0.2) is 0 Å². The summed E-state index contributed by atoms with van der Waals surface area (Å²) in [7, 11) is 2.71. The molecule has 0 saturated carbocycles. The van der Waals surface area contributed by atoms with Gasteiger partial charge in [-0.1, -0.05) is 12.1 Å². The smallest absolute Gasteiger partial charge is 0.308 e. The van der Waals surface area contributed by atoms with Crippen LogP contribution in [0.2, 0.25) is 0 Å². The Hall–Kier alpha value is -1.59. The quantitative estimate of drug-likeness (QED) is 0.765. The molecule has 1 aromatic rings. The highest BCUT2D eigenvalue weighted by atomic mass is 16.5. The fraction of sp³-hybridized carbons (Fsp3) is 0.462. The standard InChI is InChI=1S/C13H18O5/c1-8-4-5-9(11(6-8)17-2)13(16)10(14)7-12(15)18-3/h4-6,10,13-14,16H,7H2,1-3H3. The minimum absolute atomic E-state index is 0.269. The minimum atomic E-state index is -1.23. The topological polar surface area (TPSA) is 76.0 Å². The summed E-state index contributed by atoms with van der Waals surface area (Å²) in [4.78, 5) is 11.0. The van der Waals surface area contributed by atoms with Gasteiger partial charge in [0.05, 0.1) is 26.7 Å². The average Bonchev–Trinajstić information content (AvgIpc) is 2.37. The first kappa shape index (κ1) is 14.5. The fourth-order valence-corrected chi connectivity index (χ4v) is 1.64. The Kier molecular flexibility index (Phi) is 5.12. The van der Waals surface area contributed by atoms with Crippen LogP contribution in [0.1, 0.15) is 23.7 Å². The van der Waals surface area contributed by atoms with E-state index in [1.165, 1.54) is 14.2 Å². The zero-order chi connectivity index (χ0) is 13.7. The van der Waals surface area contributed by atoms with Crippen molar-refractivity contribution >= 4 is 5.97 Å². The summed E-state index contributed by atoms with van der Waals surface area (Å²) in [5.41, 5.74) is 1.42. The van der Waals surface area contributed by atoms with Crippen LogP contribution in [-0.2, 0) is 9.53 Å². The lowest BCUT2D eigenvalue weighted by molar-refractivity contribution is -0.144. The van der Waals surface area contributed by atoms with E-state index in [4.69, 9.17) is 4.74 Å². The predicted octanol–water partition coefficient (Wildman–Crippen LogP) is 0.961. The molecular formula is C13H18O5. The highest BCUT2D eigenvalue weighted by Crippen LogP contribution is 2.29. The van der Waals surface area contributed by atoms with Gasteiger partial charge in [-0.15, -0.1) is 0 Å². The molecule has 0 fully saturated rings. The van der Waals surface area contributed by atoms with Crippen LogP contribution in [-0.4, -0.2) is 36.5 Å². The van der Waals surface area contributed by atoms with E-state index >= 15 is 0 Å². The Labute approximate surface area is 106 Å². The molecule has 5 heteroatoms. The van der Waals surface area contributed by atoms with E-state index < -0.39 is 18.2 Å². The zero-order valence-corrected chi connectivity index (χ0v) is 10.7. The van der Waals surface area contributed by atoms with Crippen molar-refractivity contribution in [2.45, 2.75) is 25.6 Å². The molecule has 1 rings (SSSR count). The number of hydrogen-bond acceptors (Lipinski definition) is 5. The van der Waals surface area contributed by atoms with Crippen LogP contribution in [0.15, 0.2) is 18.2 Å². The lowest BCUT2D eigenvalue weighted by Gasteiger charge is -2.19. The van der Waals surface area contributed by atoms with E-state index in [1.54, 1.807) is 18.2 Å². The second kappa shape index (κ2) is 6.37. The van der Waals surface area contributed by atoms with Crippen molar-refractivity contribution in [3.63, 3.8) is 0 Å². The maximum atomic E-state index is 11.0. The lowest BCUT2D eigenvalue weighted by Crippen LogP contribution is -2.23. The van der Waals surface area contributed by atoms with E-state index in [1.807, 2.05) is 6.92 Å². The van der Waals surface area contributed by atoms with Crippen LogP contribution in [0, 0.1) is 6.92 Å². The molecular weight excluding hydrogens is 236 g/mol. The summed E-state index contributed by atoms with van der Waals surface area (Å²) in [6, 6.07) is 5.22. The molecule has 0 amide bonds. The van der Waals surface area contributed by atoms with Gasteiger partial charge < -0.3 is 19.7 Å². The van der Waals surface area contributed by atoms with Crippen LogP contribution in [0.5, 0.6) is 5.75 Å². The van der Waals surface area contributed by atoms with Crippen molar-refractivity contribution in [3.8, 4) is 5.75 Å². The summed E-state index contributed by atoms with van der Waals surface area (Å²) in [6.45, 7) is 1.89. The molecule has 0 saturated heterocycles. The number of ether oxygens (including phenoxy) is 2. The van der Waals surface area contributed by atoms with Gasteiger partial charge in [0.15, 0.2) is 0 Å². The summed E-state index contributed by atoms with van der Waals surface area (Å²) in [5.74, 6) is -0.0981. The van der Waals surface area contributed by atoms with E-state index in [-0.39, 0.29) is 6.42 Å². The summed E-state index contributed by atoms with van der Waals surface area (Å²) in [5, 5.41) is 19.8. The van der Waals surface area contributed by atoms with Gasteiger partial charge in [0.25, 0.3) is 0 Å². The molecule has 0 aliphatic carbocycles.